The van der Waals surface area contributed by atoms with Crippen molar-refractivity contribution in [2.75, 3.05) is 16.4 Å². The average Bonchev–Trinajstić information content (AvgIpc) is 3.09. The number of carboxylic acids is 1. The molecule has 0 aliphatic heterocycles. The highest BCUT2D eigenvalue weighted by Crippen LogP contribution is 2.25. The van der Waals surface area contributed by atoms with Gasteiger partial charge in [-0.1, -0.05) is 90.5 Å². The van der Waals surface area contributed by atoms with Crippen LogP contribution in [0.4, 0.5) is 11.4 Å². The molecule has 0 radical (unpaired) electrons. The Labute approximate surface area is 280 Å². The summed E-state index contributed by atoms with van der Waals surface area (Å²) in [6, 6.07) is 37.3. The van der Waals surface area contributed by atoms with Crippen molar-refractivity contribution in [3.05, 3.63) is 155 Å². The summed E-state index contributed by atoms with van der Waals surface area (Å²) in [7, 11) is 0. The van der Waals surface area contributed by atoms with Gasteiger partial charge in [0.15, 0.2) is 0 Å². The third-order valence-electron chi connectivity index (χ3n) is 6.80. The Morgan fingerprint density at radius 3 is 2.06 bits per heavy atom. The van der Waals surface area contributed by atoms with E-state index in [2.05, 4.69) is 16.0 Å². The van der Waals surface area contributed by atoms with Gasteiger partial charge in [-0.15, -0.1) is 11.8 Å². The predicted octanol–water partition coefficient (Wildman–Crippen LogP) is 7.85. The molecule has 5 rings (SSSR count). The lowest BCUT2D eigenvalue weighted by Gasteiger charge is -2.12. The maximum atomic E-state index is 13.5. The second kappa shape index (κ2) is 15.6. The molecule has 3 amide bonds. The molecular formula is C37H28ClN3O5S. The zero-order valence-corrected chi connectivity index (χ0v) is 26.3. The van der Waals surface area contributed by atoms with E-state index in [1.165, 1.54) is 30.0 Å². The molecule has 234 valence electrons. The summed E-state index contributed by atoms with van der Waals surface area (Å²) in [5.41, 5.74) is 3.91. The largest absolute Gasteiger partial charge is 0.478 e. The van der Waals surface area contributed by atoms with Crippen molar-refractivity contribution in [1.29, 1.82) is 0 Å². The van der Waals surface area contributed by atoms with Crippen molar-refractivity contribution in [2.45, 2.75) is 4.90 Å². The second-order valence-corrected chi connectivity index (χ2v) is 11.6. The Balaban J connectivity index is 1.28. The van der Waals surface area contributed by atoms with Crippen LogP contribution in [0, 0.1) is 0 Å². The summed E-state index contributed by atoms with van der Waals surface area (Å²) in [6.45, 7) is 0. The van der Waals surface area contributed by atoms with Gasteiger partial charge in [-0.25, -0.2) is 4.79 Å². The van der Waals surface area contributed by atoms with E-state index in [1.54, 1.807) is 60.7 Å². The Morgan fingerprint density at radius 1 is 0.702 bits per heavy atom. The Kier molecular flexibility index (Phi) is 10.9. The van der Waals surface area contributed by atoms with Crippen molar-refractivity contribution in [3.8, 4) is 11.1 Å². The third kappa shape index (κ3) is 9.20. The van der Waals surface area contributed by atoms with Crippen LogP contribution in [0.3, 0.4) is 0 Å². The van der Waals surface area contributed by atoms with Crippen molar-refractivity contribution >= 4 is 64.5 Å². The fourth-order valence-electron chi connectivity index (χ4n) is 4.49. The second-order valence-electron chi connectivity index (χ2n) is 10.2. The molecule has 0 bridgehead atoms. The highest BCUT2D eigenvalue weighted by atomic mass is 35.5. The van der Waals surface area contributed by atoms with Gasteiger partial charge in [-0.05, 0) is 71.3 Å². The topological polar surface area (TPSA) is 125 Å². The van der Waals surface area contributed by atoms with Crippen molar-refractivity contribution in [1.82, 2.24) is 5.32 Å². The highest BCUT2D eigenvalue weighted by Gasteiger charge is 2.16. The van der Waals surface area contributed by atoms with Crippen LogP contribution in [0.1, 0.15) is 26.3 Å². The first-order chi connectivity index (χ1) is 22.7. The smallest absolute Gasteiger partial charge is 0.337 e. The number of rotatable bonds is 11. The zero-order chi connectivity index (χ0) is 33.2. The van der Waals surface area contributed by atoms with Gasteiger partial charge >= 0.3 is 5.97 Å². The molecule has 4 N–H and O–H groups in total. The Morgan fingerprint density at radius 2 is 1.36 bits per heavy atom. The van der Waals surface area contributed by atoms with E-state index in [-0.39, 0.29) is 27.9 Å². The minimum Gasteiger partial charge on any atom is -0.478 e. The number of nitrogens with one attached hydrogen (secondary N) is 3. The molecule has 10 heteroatoms. The lowest BCUT2D eigenvalue weighted by Crippen LogP contribution is -2.30. The van der Waals surface area contributed by atoms with E-state index in [9.17, 15) is 24.3 Å². The average molecular weight is 662 g/mol. The number of thioether (sulfide) groups is 1. The molecule has 0 saturated carbocycles. The summed E-state index contributed by atoms with van der Waals surface area (Å²) in [6.07, 6.45) is 1.61. The van der Waals surface area contributed by atoms with Crippen LogP contribution in [-0.4, -0.2) is 34.6 Å². The lowest BCUT2D eigenvalue weighted by atomic mass is 10.0. The van der Waals surface area contributed by atoms with Crippen molar-refractivity contribution in [2.24, 2.45) is 0 Å². The van der Waals surface area contributed by atoms with E-state index in [4.69, 9.17) is 11.6 Å². The maximum Gasteiger partial charge on any atom is 0.337 e. The number of carbonyl (C=O) groups excluding carboxylic acids is 3. The standard InChI is InChI=1S/C37H28ClN3O5S/c38-32-19-18-29(22-31(32)37(45)46)39-34(42)23-47-30-13-7-12-28(21-30)40-36(44)33(41-35(43)27-10-5-2-6-11-27)20-24-14-16-26(17-15-24)25-8-3-1-4-9-25/h1-22H,23H2,(H,39,42)(H,40,44)(H,41,43)(H,45,46)/b33-20+. The van der Waals surface area contributed by atoms with Crippen LogP contribution < -0.4 is 16.0 Å². The van der Waals surface area contributed by atoms with Gasteiger partial charge in [0.1, 0.15) is 5.70 Å². The molecule has 0 aliphatic rings. The number of carbonyl (C=O) groups is 4. The summed E-state index contributed by atoms with van der Waals surface area (Å²) in [4.78, 5) is 51.2. The molecule has 8 nitrogen and oxygen atoms in total. The van der Waals surface area contributed by atoms with Gasteiger partial charge < -0.3 is 21.1 Å². The van der Waals surface area contributed by atoms with Gasteiger partial charge in [0.25, 0.3) is 11.8 Å². The number of amides is 3. The minimum absolute atomic E-state index is 0.0275. The van der Waals surface area contributed by atoms with Gasteiger partial charge in [-0.2, -0.15) is 0 Å². The van der Waals surface area contributed by atoms with Gasteiger partial charge in [0.05, 0.1) is 16.3 Å². The zero-order valence-electron chi connectivity index (χ0n) is 24.8. The molecular weight excluding hydrogens is 634 g/mol. The summed E-state index contributed by atoms with van der Waals surface area (Å²) in [5.74, 6) is -2.48. The molecule has 0 saturated heterocycles. The van der Waals surface area contributed by atoms with E-state index in [0.29, 0.717) is 21.8 Å². The minimum atomic E-state index is -1.20. The van der Waals surface area contributed by atoms with Crippen molar-refractivity contribution in [3.63, 3.8) is 0 Å². The van der Waals surface area contributed by atoms with E-state index in [0.717, 1.165) is 16.7 Å². The third-order valence-corrected chi connectivity index (χ3v) is 8.12. The number of carboxylic acid groups (broad SMARTS) is 1. The number of halogens is 1. The first-order valence-electron chi connectivity index (χ1n) is 14.4. The quantitative estimate of drug-likeness (QED) is 0.0844. The van der Waals surface area contributed by atoms with E-state index >= 15 is 0 Å². The fraction of sp³-hybridized carbons (Fsp3) is 0.0270. The molecule has 0 aromatic heterocycles. The molecule has 5 aromatic rings. The summed E-state index contributed by atoms with van der Waals surface area (Å²) >= 11 is 7.14. The predicted molar refractivity (Wildman–Crippen MR) is 187 cm³/mol. The monoisotopic (exact) mass is 661 g/mol. The Bertz CT molecular complexity index is 1950. The number of hydrogen-bond donors (Lipinski definition) is 4. The van der Waals surface area contributed by atoms with Gasteiger partial charge in [-0.3, -0.25) is 14.4 Å². The Hall–Kier alpha value is -5.64. The lowest BCUT2D eigenvalue weighted by molar-refractivity contribution is -0.114. The molecule has 5 aromatic carbocycles. The molecule has 0 spiro atoms. The van der Waals surface area contributed by atoms with Gasteiger partial charge in [0, 0.05) is 21.8 Å². The number of anilines is 2. The first-order valence-corrected chi connectivity index (χ1v) is 15.7. The van der Waals surface area contributed by atoms with Crippen LogP contribution in [0.5, 0.6) is 0 Å². The van der Waals surface area contributed by atoms with E-state index in [1.807, 2.05) is 54.6 Å². The number of aromatic carboxylic acids is 1. The van der Waals surface area contributed by atoms with Crippen molar-refractivity contribution < 1.29 is 24.3 Å². The van der Waals surface area contributed by atoms with Crippen LogP contribution in [-0.2, 0) is 9.59 Å². The van der Waals surface area contributed by atoms with E-state index < -0.39 is 17.8 Å². The van der Waals surface area contributed by atoms with Gasteiger partial charge in [0.2, 0.25) is 5.91 Å². The van der Waals surface area contributed by atoms with Crippen LogP contribution in [0.15, 0.2) is 138 Å². The highest BCUT2D eigenvalue weighted by molar-refractivity contribution is 8.00. The van der Waals surface area contributed by atoms with Crippen LogP contribution in [0.2, 0.25) is 5.02 Å². The van der Waals surface area contributed by atoms with Crippen LogP contribution >= 0.6 is 23.4 Å². The molecule has 0 fully saturated rings. The number of benzene rings is 5. The molecule has 0 atom stereocenters. The maximum absolute atomic E-state index is 13.5. The molecule has 0 unspecified atom stereocenters. The SMILES string of the molecule is O=C(CSc1cccc(NC(=O)/C(=C\c2ccc(-c3ccccc3)cc2)NC(=O)c2ccccc2)c1)Nc1ccc(Cl)c(C(=O)O)c1. The van der Waals surface area contributed by atoms with Crippen LogP contribution in [0.25, 0.3) is 17.2 Å². The summed E-state index contributed by atoms with van der Waals surface area (Å²) < 4.78 is 0. The first kappa shape index (κ1) is 32.7. The summed E-state index contributed by atoms with van der Waals surface area (Å²) in [5, 5.41) is 17.6. The number of hydrogen-bond acceptors (Lipinski definition) is 5. The molecule has 47 heavy (non-hydrogen) atoms. The molecule has 0 heterocycles. The normalized spacial score (nSPS) is 11.0. The fourth-order valence-corrected chi connectivity index (χ4v) is 5.44. The molecule has 0 aliphatic carbocycles.